The number of rotatable bonds is 4. The van der Waals surface area contributed by atoms with Crippen molar-refractivity contribution in [3.05, 3.63) is 180 Å². The second-order valence-corrected chi connectivity index (χ2v) is 15.3. The monoisotopic (exact) mass is 742 g/mol. The minimum atomic E-state index is 0.315. The Morgan fingerprint density at radius 1 is 0.448 bits per heavy atom. The number of fused-ring (bicyclic) bond motifs is 9. The van der Waals surface area contributed by atoms with E-state index in [-0.39, 0.29) is 0 Å². The van der Waals surface area contributed by atoms with Gasteiger partial charge < -0.3 is 9.13 Å². The van der Waals surface area contributed by atoms with Gasteiger partial charge >= 0.3 is 0 Å². The molecule has 4 heterocycles. The van der Waals surface area contributed by atoms with E-state index in [0.29, 0.717) is 22.5 Å². The Bertz CT molecular complexity index is 3640. The topological polar surface area (TPSA) is 75.3 Å². The molecular weight excluding hydrogens is 709 g/mol. The van der Waals surface area contributed by atoms with Crippen molar-refractivity contribution in [2.45, 2.75) is 20.8 Å². The highest BCUT2D eigenvalue weighted by Crippen LogP contribution is 2.46. The molecule has 0 aliphatic rings. The van der Waals surface area contributed by atoms with Gasteiger partial charge in [0, 0.05) is 43.4 Å². The van der Waals surface area contributed by atoms with Gasteiger partial charge in [-0.25, -0.2) is 4.98 Å². The molecule has 0 atom stereocenters. The number of pyridine rings is 1. The fourth-order valence-electron chi connectivity index (χ4n) is 9.25. The summed E-state index contributed by atoms with van der Waals surface area (Å²) in [5.74, 6) is 0.708. The zero-order valence-electron chi connectivity index (χ0n) is 32.1. The maximum Gasteiger partial charge on any atom is 0.162 e. The summed E-state index contributed by atoms with van der Waals surface area (Å²) in [6.45, 7) is 6.37. The molecule has 4 aromatic heterocycles. The molecule has 0 saturated heterocycles. The lowest BCUT2D eigenvalue weighted by atomic mass is 9.94. The summed E-state index contributed by atoms with van der Waals surface area (Å²) < 4.78 is 6.89. The van der Waals surface area contributed by atoms with E-state index in [0.717, 1.165) is 87.9 Å². The van der Waals surface area contributed by atoms with Crippen LogP contribution in [-0.2, 0) is 0 Å². The molecule has 0 aliphatic heterocycles. The molecule has 0 N–H and O–H groups in total. The largest absolute Gasteiger partial charge is 0.307 e. The smallest absolute Gasteiger partial charge is 0.162 e. The summed E-state index contributed by atoms with van der Waals surface area (Å²) in [6.07, 6.45) is 1.97. The summed E-state index contributed by atoms with van der Waals surface area (Å²) in [5.41, 5.74) is 13.3. The lowest BCUT2D eigenvalue weighted by Gasteiger charge is -2.24. The molecule has 0 unspecified atom stereocenters. The normalized spacial score (nSPS) is 11.7. The number of aromatic nitrogens is 4. The SMILES string of the molecule is Cc1ccc2c(c1)c1ccccc1n2-c1cnc(-n2c3ccccc3c3cc(C)ccc32)c(-n2c3ccccc3c3cc(C)ccc32)c1-c1cccc(C#N)c1C#N. The molecular formula is C52H34N6. The summed E-state index contributed by atoms with van der Waals surface area (Å²) in [6, 6.07) is 55.6. The van der Waals surface area contributed by atoms with Crippen LogP contribution in [0.15, 0.2) is 152 Å². The molecule has 272 valence electrons. The number of aryl methyl sites for hydroxylation is 3. The van der Waals surface area contributed by atoms with Crippen molar-refractivity contribution >= 4 is 65.4 Å². The number of hydrogen-bond acceptors (Lipinski definition) is 3. The van der Waals surface area contributed by atoms with Gasteiger partial charge in [0.05, 0.1) is 61.8 Å². The maximum atomic E-state index is 11.0. The average Bonchev–Trinajstić information content (AvgIpc) is 3.87. The van der Waals surface area contributed by atoms with Gasteiger partial charge in [0.2, 0.25) is 0 Å². The summed E-state index contributed by atoms with van der Waals surface area (Å²) in [5, 5.41) is 28.2. The van der Waals surface area contributed by atoms with Crippen LogP contribution in [0, 0.1) is 43.4 Å². The van der Waals surface area contributed by atoms with Crippen LogP contribution in [0.1, 0.15) is 27.8 Å². The van der Waals surface area contributed by atoms with Crippen molar-refractivity contribution in [3.8, 4) is 40.5 Å². The van der Waals surface area contributed by atoms with E-state index in [2.05, 4.69) is 174 Å². The second-order valence-electron chi connectivity index (χ2n) is 15.3. The number of para-hydroxylation sites is 3. The minimum absolute atomic E-state index is 0.315. The van der Waals surface area contributed by atoms with E-state index in [9.17, 15) is 10.5 Å². The Labute approximate surface area is 334 Å². The number of nitrogens with zero attached hydrogens (tertiary/aromatic N) is 6. The van der Waals surface area contributed by atoms with Crippen LogP contribution in [0.3, 0.4) is 0 Å². The second kappa shape index (κ2) is 12.5. The van der Waals surface area contributed by atoms with Crippen molar-refractivity contribution in [2.75, 3.05) is 0 Å². The predicted octanol–water partition coefficient (Wildman–Crippen LogP) is 12.7. The molecule has 0 radical (unpaired) electrons. The molecule has 6 nitrogen and oxygen atoms in total. The molecule has 7 aromatic carbocycles. The first kappa shape index (κ1) is 33.4. The lowest BCUT2D eigenvalue weighted by molar-refractivity contribution is 1.01. The van der Waals surface area contributed by atoms with Crippen molar-refractivity contribution in [1.82, 2.24) is 18.7 Å². The molecule has 0 spiro atoms. The fourth-order valence-corrected chi connectivity index (χ4v) is 9.25. The predicted molar refractivity (Wildman–Crippen MR) is 236 cm³/mol. The Hall–Kier alpha value is -7.93. The molecule has 0 bridgehead atoms. The van der Waals surface area contributed by atoms with Gasteiger partial charge in [-0.05, 0) is 81.4 Å². The first-order valence-corrected chi connectivity index (χ1v) is 19.4. The van der Waals surface area contributed by atoms with Gasteiger partial charge in [0.15, 0.2) is 5.82 Å². The first-order valence-electron chi connectivity index (χ1n) is 19.4. The molecule has 0 saturated carbocycles. The van der Waals surface area contributed by atoms with Gasteiger partial charge in [-0.2, -0.15) is 10.5 Å². The Balaban J connectivity index is 1.44. The van der Waals surface area contributed by atoms with Gasteiger partial charge in [0.25, 0.3) is 0 Å². The standard InChI is InChI=1S/C52H34N6/c1-31-19-22-46-39(25-31)35-12-4-7-16-43(35)56(46)49-30-55-52(58-45-18-9-6-14-37(45)41-27-33(3)21-24-48(41)58)51(50(49)38-15-10-11-34(28-53)42(38)29-54)57-44-17-8-5-13-36(44)40-26-32(2)20-23-47(40)57/h4-27,30H,1-3H3. The number of benzene rings is 7. The summed E-state index contributed by atoms with van der Waals surface area (Å²) in [4.78, 5) is 5.58. The van der Waals surface area contributed by atoms with Crippen LogP contribution in [0.5, 0.6) is 0 Å². The van der Waals surface area contributed by atoms with Crippen LogP contribution < -0.4 is 0 Å². The van der Waals surface area contributed by atoms with Crippen LogP contribution >= 0.6 is 0 Å². The molecule has 0 aliphatic carbocycles. The van der Waals surface area contributed by atoms with Crippen molar-refractivity contribution in [3.63, 3.8) is 0 Å². The zero-order valence-corrected chi connectivity index (χ0v) is 32.1. The quantitative estimate of drug-likeness (QED) is 0.180. The van der Waals surface area contributed by atoms with E-state index < -0.39 is 0 Å². The molecule has 11 rings (SSSR count). The Morgan fingerprint density at radius 2 is 0.914 bits per heavy atom. The average molecular weight is 743 g/mol. The van der Waals surface area contributed by atoms with Crippen molar-refractivity contribution in [2.24, 2.45) is 0 Å². The summed E-state index contributed by atoms with van der Waals surface area (Å²) >= 11 is 0. The Kier molecular flexibility index (Phi) is 7.23. The van der Waals surface area contributed by atoms with Crippen LogP contribution in [0.25, 0.3) is 93.7 Å². The van der Waals surface area contributed by atoms with Gasteiger partial charge in [0.1, 0.15) is 12.1 Å². The van der Waals surface area contributed by atoms with Crippen LogP contribution in [0.4, 0.5) is 0 Å². The van der Waals surface area contributed by atoms with E-state index >= 15 is 0 Å². The molecule has 58 heavy (non-hydrogen) atoms. The van der Waals surface area contributed by atoms with Gasteiger partial charge in [-0.15, -0.1) is 0 Å². The van der Waals surface area contributed by atoms with Crippen molar-refractivity contribution in [1.29, 1.82) is 10.5 Å². The highest BCUT2D eigenvalue weighted by molar-refractivity contribution is 6.14. The third-order valence-corrected chi connectivity index (χ3v) is 11.7. The minimum Gasteiger partial charge on any atom is -0.307 e. The zero-order chi connectivity index (χ0) is 39.2. The van der Waals surface area contributed by atoms with E-state index in [1.807, 2.05) is 18.3 Å². The molecule has 11 aromatic rings. The van der Waals surface area contributed by atoms with Crippen LogP contribution in [-0.4, -0.2) is 18.7 Å². The third-order valence-electron chi connectivity index (χ3n) is 11.7. The molecule has 0 fully saturated rings. The van der Waals surface area contributed by atoms with Gasteiger partial charge in [-0.3, -0.25) is 4.57 Å². The molecule has 0 amide bonds. The molecule has 6 heteroatoms. The third kappa shape index (κ3) is 4.67. The maximum absolute atomic E-state index is 11.0. The van der Waals surface area contributed by atoms with Crippen LogP contribution in [0.2, 0.25) is 0 Å². The Morgan fingerprint density at radius 3 is 1.45 bits per heavy atom. The first-order chi connectivity index (χ1) is 28.4. The van der Waals surface area contributed by atoms with E-state index in [1.54, 1.807) is 6.07 Å². The van der Waals surface area contributed by atoms with E-state index in [1.165, 1.54) is 11.1 Å². The van der Waals surface area contributed by atoms with Crippen molar-refractivity contribution < 1.29 is 0 Å². The number of hydrogen-bond donors (Lipinski definition) is 0. The highest BCUT2D eigenvalue weighted by Gasteiger charge is 2.29. The summed E-state index contributed by atoms with van der Waals surface area (Å²) in [7, 11) is 0. The lowest BCUT2D eigenvalue weighted by Crippen LogP contribution is -2.12. The van der Waals surface area contributed by atoms with E-state index in [4.69, 9.17) is 4.98 Å². The van der Waals surface area contributed by atoms with Gasteiger partial charge in [-0.1, -0.05) is 102 Å². The fraction of sp³-hybridized carbons (Fsp3) is 0.0577. The highest BCUT2D eigenvalue weighted by atomic mass is 15.1. The number of nitriles is 2.